The summed E-state index contributed by atoms with van der Waals surface area (Å²) in [5.74, 6) is 0.150. The number of aromatic hydroxyl groups is 2. The molecule has 1 unspecified atom stereocenters. The second-order valence-electron chi connectivity index (χ2n) is 5.60. The van der Waals surface area contributed by atoms with Gasteiger partial charge in [-0.05, 0) is 39.0 Å². The van der Waals surface area contributed by atoms with Crippen LogP contribution in [0.25, 0.3) is 0 Å². The first kappa shape index (κ1) is 16.7. The van der Waals surface area contributed by atoms with Gasteiger partial charge >= 0.3 is 0 Å². The highest BCUT2D eigenvalue weighted by Gasteiger charge is 2.23. The lowest BCUT2D eigenvalue weighted by Crippen LogP contribution is -2.50. The molecule has 0 aromatic heterocycles. The van der Waals surface area contributed by atoms with Crippen molar-refractivity contribution in [1.82, 2.24) is 10.0 Å². The van der Waals surface area contributed by atoms with Gasteiger partial charge in [-0.25, -0.2) is 13.1 Å². The highest BCUT2D eigenvalue weighted by Crippen LogP contribution is 2.27. The van der Waals surface area contributed by atoms with Crippen molar-refractivity contribution in [2.75, 3.05) is 12.8 Å². The average molecular weight is 302 g/mol. The average Bonchev–Trinajstić information content (AvgIpc) is 2.26. The Bertz CT molecular complexity index is 570. The highest BCUT2D eigenvalue weighted by atomic mass is 32.2. The van der Waals surface area contributed by atoms with Gasteiger partial charge in [0.2, 0.25) is 10.0 Å². The van der Waals surface area contributed by atoms with Crippen LogP contribution < -0.4 is 10.0 Å². The minimum atomic E-state index is -3.29. The van der Waals surface area contributed by atoms with Gasteiger partial charge in [0.05, 0.1) is 6.26 Å². The molecule has 1 aromatic carbocycles. The third-order valence-electron chi connectivity index (χ3n) is 2.79. The third kappa shape index (κ3) is 5.36. The molecule has 0 spiro atoms. The Morgan fingerprint density at radius 3 is 2.45 bits per heavy atom. The molecular weight excluding hydrogens is 280 g/mol. The van der Waals surface area contributed by atoms with Crippen molar-refractivity contribution >= 4 is 10.0 Å². The van der Waals surface area contributed by atoms with Gasteiger partial charge in [-0.3, -0.25) is 0 Å². The van der Waals surface area contributed by atoms with Crippen molar-refractivity contribution in [1.29, 1.82) is 0 Å². The van der Waals surface area contributed by atoms with E-state index in [2.05, 4.69) is 10.0 Å². The summed E-state index contributed by atoms with van der Waals surface area (Å²) in [5.41, 5.74) is -0.103. The van der Waals surface area contributed by atoms with Crippen LogP contribution in [0.5, 0.6) is 11.5 Å². The Labute approximate surface area is 119 Å². The molecule has 0 bridgehead atoms. The molecule has 0 fully saturated rings. The van der Waals surface area contributed by atoms with E-state index in [9.17, 15) is 18.6 Å². The molecule has 6 nitrogen and oxygen atoms in total. The molecule has 0 aliphatic carbocycles. The maximum Gasteiger partial charge on any atom is 0.209 e. The normalized spacial score (nSPS) is 14.2. The van der Waals surface area contributed by atoms with Crippen LogP contribution in [0.15, 0.2) is 18.2 Å². The summed E-state index contributed by atoms with van der Waals surface area (Å²) >= 11 is 0. The molecule has 0 amide bonds. The number of sulfonamides is 1. The Balaban J connectivity index is 2.72. The maximum absolute atomic E-state index is 11.2. The van der Waals surface area contributed by atoms with Crippen LogP contribution in [0.2, 0.25) is 0 Å². The minimum absolute atomic E-state index is 0.0694. The largest absolute Gasteiger partial charge is 0.508 e. The van der Waals surface area contributed by atoms with Crippen molar-refractivity contribution in [3.8, 4) is 11.5 Å². The van der Waals surface area contributed by atoms with E-state index >= 15 is 0 Å². The van der Waals surface area contributed by atoms with Gasteiger partial charge in [0, 0.05) is 23.7 Å². The summed E-state index contributed by atoms with van der Waals surface area (Å²) in [6, 6.07) is 4.07. The van der Waals surface area contributed by atoms with Crippen LogP contribution in [-0.2, 0) is 10.0 Å². The summed E-state index contributed by atoms with van der Waals surface area (Å²) in [4.78, 5) is 0. The summed E-state index contributed by atoms with van der Waals surface area (Å²) in [6.45, 7) is 5.72. The number of benzene rings is 1. The SMILES string of the molecule is CC(NCC(C)(C)NS(C)(=O)=O)c1cc(O)ccc1O. The monoisotopic (exact) mass is 302 g/mol. The molecule has 20 heavy (non-hydrogen) atoms. The summed E-state index contributed by atoms with van der Waals surface area (Å²) in [5, 5.41) is 22.3. The molecular formula is C13H22N2O4S. The second-order valence-corrected chi connectivity index (χ2v) is 7.35. The zero-order chi connectivity index (χ0) is 15.6. The van der Waals surface area contributed by atoms with E-state index in [0.29, 0.717) is 12.1 Å². The van der Waals surface area contributed by atoms with Gasteiger partial charge in [0.1, 0.15) is 11.5 Å². The Morgan fingerprint density at radius 1 is 1.30 bits per heavy atom. The van der Waals surface area contributed by atoms with Gasteiger partial charge in [-0.15, -0.1) is 0 Å². The molecule has 0 aliphatic rings. The Kier molecular flexibility index (Phi) is 5.01. The second kappa shape index (κ2) is 5.99. The molecule has 0 heterocycles. The smallest absolute Gasteiger partial charge is 0.209 e. The lowest BCUT2D eigenvalue weighted by molar-refractivity contribution is 0.389. The molecule has 1 atom stereocenters. The molecule has 7 heteroatoms. The number of phenols is 2. The number of hydrogen-bond acceptors (Lipinski definition) is 5. The number of rotatable bonds is 6. The third-order valence-corrected chi connectivity index (χ3v) is 3.71. The molecule has 0 radical (unpaired) electrons. The standard InChI is InChI=1S/C13H22N2O4S/c1-9(11-7-10(16)5-6-12(11)17)14-8-13(2,3)15-20(4,18)19/h5-7,9,14-17H,8H2,1-4H3. The van der Waals surface area contributed by atoms with Crippen molar-refractivity contribution in [2.45, 2.75) is 32.4 Å². The van der Waals surface area contributed by atoms with Crippen LogP contribution in [0.4, 0.5) is 0 Å². The maximum atomic E-state index is 11.2. The van der Waals surface area contributed by atoms with Crippen molar-refractivity contribution in [3.05, 3.63) is 23.8 Å². The van der Waals surface area contributed by atoms with E-state index in [1.54, 1.807) is 13.8 Å². The zero-order valence-electron chi connectivity index (χ0n) is 12.1. The molecule has 1 aromatic rings. The van der Waals surface area contributed by atoms with Crippen LogP contribution in [0.3, 0.4) is 0 Å². The van der Waals surface area contributed by atoms with E-state index in [0.717, 1.165) is 6.26 Å². The van der Waals surface area contributed by atoms with Gasteiger partial charge in [-0.2, -0.15) is 0 Å². The van der Waals surface area contributed by atoms with E-state index in [1.165, 1.54) is 18.2 Å². The number of phenolic OH excluding ortho intramolecular Hbond substituents is 2. The first-order chi connectivity index (χ1) is 9.00. The van der Waals surface area contributed by atoms with Crippen LogP contribution in [-0.4, -0.2) is 37.0 Å². The minimum Gasteiger partial charge on any atom is -0.508 e. The molecule has 0 saturated carbocycles. The topological polar surface area (TPSA) is 98.7 Å². The van der Waals surface area contributed by atoms with E-state index in [-0.39, 0.29) is 17.5 Å². The van der Waals surface area contributed by atoms with E-state index in [1.807, 2.05) is 6.92 Å². The van der Waals surface area contributed by atoms with Crippen LogP contribution >= 0.6 is 0 Å². The predicted molar refractivity (Wildman–Crippen MR) is 78.2 cm³/mol. The van der Waals surface area contributed by atoms with Crippen LogP contribution in [0, 0.1) is 0 Å². The summed E-state index contributed by atoms with van der Waals surface area (Å²) in [6.07, 6.45) is 1.11. The van der Waals surface area contributed by atoms with Gasteiger partial charge in [0.25, 0.3) is 0 Å². The van der Waals surface area contributed by atoms with E-state index in [4.69, 9.17) is 0 Å². The van der Waals surface area contributed by atoms with Crippen molar-refractivity contribution in [3.63, 3.8) is 0 Å². The predicted octanol–water partition coefficient (Wildman–Crippen LogP) is 1.08. The fourth-order valence-electron chi connectivity index (χ4n) is 1.94. The Morgan fingerprint density at radius 2 is 1.90 bits per heavy atom. The molecule has 0 aliphatic heterocycles. The fourth-order valence-corrected chi connectivity index (χ4v) is 3.02. The molecule has 1 rings (SSSR count). The first-order valence-corrected chi connectivity index (χ1v) is 8.13. The molecule has 4 N–H and O–H groups in total. The van der Waals surface area contributed by atoms with Gasteiger partial charge < -0.3 is 15.5 Å². The van der Waals surface area contributed by atoms with Gasteiger partial charge in [0.15, 0.2) is 0 Å². The molecule has 114 valence electrons. The highest BCUT2D eigenvalue weighted by molar-refractivity contribution is 7.88. The zero-order valence-corrected chi connectivity index (χ0v) is 13.0. The van der Waals surface area contributed by atoms with E-state index < -0.39 is 15.6 Å². The lowest BCUT2D eigenvalue weighted by atomic mass is 10.0. The number of hydrogen-bond donors (Lipinski definition) is 4. The lowest BCUT2D eigenvalue weighted by Gasteiger charge is -2.27. The first-order valence-electron chi connectivity index (χ1n) is 6.24. The molecule has 0 saturated heterocycles. The fraction of sp³-hybridized carbons (Fsp3) is 0.538. The number of nitrogens with one attached hydrogen (secondary N) is 2. The Hall–Kier alpha value is -1.31. The quantitative estimate of drug-likeness (QED) is 0.589. The van der Waals surface area contributed by atoms with Crippen molar-refractivity contribution in [2.24, 2.45) is 0 Å². The van der Waals surface area contributed by atoms with Crippen molar-refractivity contribution < 1.29 is 18.6 Å². The summed E-state index contributed by atoms with van der Waals surface area (Å²) in [7, 11) is -3.29. The summed E-state index contributed by atoms with van der Waals surface area (Å²) < 4.78 is 25.0. The van der Waals surface area contributed by atoms with Crippen LogP contribution in [0.1, 0.15) is 32.4 Å². The van der Waals surface area contributed by atoms with Gasteiger partial charge in [-0.1, -0.05) is 0 Å².